The third-order valence-electron chi connectivity index (χ3n) is 3.59. The van der Waals surface area contributed by atoms with Gasteiger partial charge in [-0.25, -0.2) is 0 Å². The van der Waals surface area contributed by atoms with Crippen molar-refractivity contribution in [3.63, 3.8) is 0 Å². The summed E-state index contributed by atoms with van der Waals surface area (Å²) in [5, 5.41) is 2.40. The normalized spacial score (nSPS) is 18.6. The number of para-hydroxylation sites is 1. The van der Waals surface area contributed by atoms with E-state index in [1.807, 2.05) is 0 Å². The van der Waals surface area contributed by atoms with Gasteiger partial charge in [0, 0.05) is 5.56 Å². The van der Waals surface area contributed by atoms with E-state index in [9.17, 15) is 19.2 Å². The Morgan fingerprint density at radius 1 is 1.08 bits per heavy atom. The maximum Gasteiger partial charge on any atom is 0.326 e. The highest BCUT2D eigenvalue weighted by Gasteiger charge is 2.47. The number of nitrogens with one attached hydrogen (secondary N) is 1. The third kappa shape index (κ3) is 4.14. The zero-order valence-electron chi connectivity index (χ0n) is 13.9. The Kier molecular flexibility index (Phi) is 6.10. The largest absolute Gasteiger partial charge is 0.465 e. The Hall–Kier alpha value is -2.90. The first-order chi connectivity index (χ1) is 12.0. The van der Waals surface area contributed by atoms with E-state index in [0.717, 1.165) is 0 Å². The first-order valence-electron chi connectivity index (χ1n) is 7.90. The molecule has 8 heteroatoms. The van der Waals surface area contributed by atoms with Crippen LogP contribution in [0, 0.1) is 5.92 Å². The molecule has 0 saturated carbocycles. The molecule has 0 bridgehead atoms. The second kappa shape index (κ2) is 8.27. The molecule has 1 aromatic carbocycles. The molecule has 0 fully saturated rings. The number of amides is 1. The van der Waals surface area contributed by atoms with Crippen LogP contribution in [0.15, 0.2) is 24.3 Å². The summed E-state index contributed by atoms with van der Waals surface area (Å²) in [5.74, 6) is -5.37. The average Bonchev–Trinajstić information content (AvgIpc) is 2.58. The summed E-state index contributed by atoms with van der Waals surface area (Å²) in [6.07, 6.45) is 0. The van der Waals surface area contributed by atoms with E-state index in [1.54, 1.807) is 32.0 Å². The van der Waals surface area contributed by atoms with E-state index in [0.29, 0.717) is 5.56 Å². The van der Waals surface area contributed by atoms with Crippen molar-refractivity contribution in [1.82, 2.24) is 5.32 Å². The summed E-state index contributed by atoms with van der Waals surface area (Å²) >= 11 is 0. The number of hydrogen-bond acceptors (Lipinski definition) is 7. The molecule has 0 aliphatic carbocycles. The summed E-state index contributed by atoms with van der Waals surface area (Å²) in [6.45, 7) is 3.11. The predicted octanol–water partition coefficient (Wildman–Crippen LogP) is 0.548. The van der Waals surface area contributed by atoms with Crippen LogP contribution in [0.3, 0.4) is 0 Å². The van der Waals surface area contributed by atoms with Crippen molar-refractivity contribution < 1.29 is 33.4 Å². The Morgan fingerprint density at radius 2 is 1.76 bits per heavy atom. The SMILES string of the molecule is CCOC(=O)CNC(=O)C1c2ccccc2OC(=O)C1C(=O)OCC. The molecule has 1 N–H and O–H groups in total. The molecule has 1 amide bonds. The lowest BCUT2D eigenvalue weighted by Crippen LogP contribution is -2.46. The van der Waals surface area contributed by atoms with Gasteiger partial charge in [-0.1, -0.05) is 18.2 Å². The van der Waals surface area contributed by atoms with E-state index in [4.69, 9.17) is 14.2 Å². The molecule has 1 aliphatic rings. The molecule has 2 atom stereocenters. The maximum absolute atomic E-state index is 12.6. The van der Waals surface area contributed by atoms with Gasteiger partial charge in [0.2, 0.25) is 5.91 Å². The minimum Gasteiger partial charge on any atom is -0.465 e. The van der Waals surface area contributed by atoms with Crippen LogP contribution in [0.1, 0.15) is 25.3 Å². The van der Waals surface area contributed by atoms with Gasteiger partial charge in [0.15, 0.2) is 5.92 Å². The Balaban J connectivity index is 2.30. The van der Waals surface area contributed by atoms with E-state index in [-0.39, 0.29) is 25.5 Å². The molecule has 0 saturated heterocycles. The van der Waals surface area contributed by atoms with Gasteiger partial charge < -0.3 is 19.5 Å². The topological polar surface area (TPSA) is 108 Å². The molecule has 8 nitrogen and oxygen atoms in total. The molecular weight excluding hydrogens is 330 g/mol. The number of hydrogen-bond donors (Lipinski definition) is 1. The van der Waals surface area contributed by atoms with E-state index >= 15 is 0 Å². The molecule has 1 aliphatic heterocycles. The fourth-order valence-corrected chi connectivity index (χ4v) is 2.56. The van der Waals surface area contributed by atoms with Crippen LogP contribution >= 0.6 is 0 Å². The molecule has 0 radical (unpaired) electrons. The maximum atomic E-state index is 12.6. The summed E-state index contributed by atoms with van der Waals surface area (Å²) in [5.41, 5.74) is 0.376. The lowest BCUT2D eigenvalue weighted by atomic mass is 9.82. The van der Waals surface area contributed by atoms with Crippen LogP contribution < -0.4 is 10.1 Å². The van der Waals surface area contributed by atoms with E-state index in [2.05, 4.69) is 5.32 Å². The molecule has 25 heavy (non-hydrogen) atoms. The van der Waals surface area contributed by atoms with Crippen LogP contribution in [0.25, 0.3) is 0 Å². The van der Waals surface area contributed by atoms with Crippen molar-refractivity contribution in [2.24, 2.45) is 5.92 Å². The number of carbonyl (C=O) groups is 4. The molecule has 134 valence electrons. The van der Waals surface area contributed by atoms with Gasteiger partial charge in [-0.3, -0.25) is 19.2 Å². The summed E-state index contributed by atoms with van der Waals surface area (Å²) in [6, 6.07) is 6.42. The minimum atomic E-state index is -1.43. The zero-order chi connectivity index (χ0) is 18.4. The van der Waals surface area contributed by atoms with Crippen molar-refractivity contribution in [3.8, 4) is 5.75 Å². The number of fused-ring (bicyclic) bond motifs is 1. The summed E-state index contributed by atoms with van der Waals surface area (Å²) in [7, 11) is 0. The monoisotopic (exact) mass is 349 g/mol. The molecular formula is C17H19NO7. The number of esters is 3. The van der Waals surface area contributed by atoms with Crippen molar-refractivity contribution in [2.45, 2.75) is 19.8 Å². The third-order valence-corrected chi connectivity index (χ3v) is 3.59. The summed E-state index contributed by atoms with van der Waals surface area (Å²) < 4.78 is 14.8. The quantitative estimate of drug-likeness (QED) is 0.454. The van der Waals surface area contributed by atoms with Gasteiger partial charge >= 0.3 is 17.9 Å². The minimum absolute atomic E-state index is 0.0570. The fraction of sp³-hybridized carbons (Fsp3) is 0.412. The van der Waals surface area contributed by atoms with Crippen LogP contribution in [-0.4, -0.2) is 43.6 Å². The molecule has 0 aromatic heterocycles. The van der Waals surface area contributed by atoms with Gasteiger partial charge in [-0.05, 0) is 19.9 Å². The number of rotatable bonds is 6. The van der Waals surface area contributed by atoms with Gasteiger partial charge in [-0.2, -0.15) is 0 Å². The van der Waals surface area contributed by atoms with Crippen LogP contribution in [0.5, 0.6) is 5.75 Å². The average molecular weight is 349 g/mol. The molecule has 0 spiro atoms. The van der Waals surface area contributed by atoms with Gasteiger partial charge in [0.25, 0.3) is 0 Å². The van der Waals surface area contributed by atoms with E-state index < -0.39 is 35.7 Å². The first-order valence-corrected chi connectivity index (χ1v) is 7.90. The van der Waals surface area contributed by atoms with Crippen molar-refractivity contribution >= 4 is 23.8 Å². The van der Waals surface area contributed by atoms with E-state index in [1.165, 1.54) is 6.07 Å². The van der Waals surface area contributed by atoms with Gasteiger partial charge in [-0.15, -0.1) is 0 Å². The number of carbonyl (C=O) groups excluding carboxylic acids is 4. The number of ether oxygens (including phenoxy) is 3. The fourth-order valence-electron chi connectivity index (χ4n) is 2.56. The van der Waals surface area contributed by atoms with Crippen molar-refractivity contribution in [1.29, 1.82) is 0 Å². The second-order valence-electron chi connectivity index (χ2n) is 5.19. The first kappa shape index (κ1) is 18.4. The molecule has 2 unspecified atom stereocenters. The second-order valence-corrected chi connectivity index (χ2v) is 5.19. The Bertz CT molecular complexity index is 685. The molecule has 1 heterocycles. The standard InChI is InChI=1S/C17H19NO7/c1-3-23-12(19)9-18-15(20)13-10-7-5-6-8-11(10)25-17(22)14(13)16(21)24-4-2/h5-8,13-14H,3-4,9H2,1-2H3,(H,18,20). The predicted molar refractivity (Wildman–Crippen MR) is 84.6 cm³/mol. The zero-order valence-corrected chi connectivity index (χ0v) is 13.9. The highest BCUT2D eigenvalue weighted by molar-refractivity contribution is 6.05. The van der Waals surface area contributed by atoms with Crippen LogP contribution in [-0.2, 0) is 28.7 Å². The van der Waals surface area contributed by atoms with Gasteiger partial charge in [0.1, 0.15) is 12.3 Å². The van der Waals surface area contributed by atoms with Crippen LogP contribution in [0.4, 0.5) is 0 Å². The lowest BCUT2D eigenvalue weighted by molar-refractivity contribution is -0.161. The van der Waals surface area contributed by atoms with Gasteiger partial charge in [0.05, 0.1) is 19.1 Å². The molecule has 2 rings (SSSR count). The molecule has 1 aromatic rings. The Labute approximate surface area is 144 Å². The highest BCUT2D eigenvalue weighted by Crippen LogP contribution is 2.38. The highest BCUT2D eigenvalue weighted by atomic mass is 16.6. The summed E-state index contributed by atoms with van der Waals surface area (Å²) in [4.78, 5) is 48.5. The smallest absolute Gasteiger partial charge is 0.326 e. The van der Waals surface area contributed by atoms with Crippen molar-refractivity contribution in [3.05, 3.63) is 29.8 Å². The number of benzene rings is 1. The van der Waals surface area contributed by atoms with Crippen molar-refractivity contribution in [2.75, 3.05) is 19.8 Å². The van der Waals surface area contributed by atoms with Crippen LogP contribution in [0.2, 0.25) is 0 Å². The Morgan fingerprint density at radius 3 is 2.44 bits per heavy atom. The lowest BCUT2D eigenvalue weighted by Gasteiger charge is -2.29.